The van der Waals surface area contributed by atoms with Crippen LogP contribution in [0.25, 0.3) is 0 Å². The van der Waals surface area contributed by atoms with Crippen LogP contribution in [0.2, 0.25) is 5.02 Å². The molecule has 1 aliphatic rings. The molecule has 2 aromatic rings. The Morgan fingerprint density at radius 3 is 2.68 bits per heavy atom. The molecule has 2 N–H and O–H groups in total. The van der Waals surface area contributed by atoms with Gasteiger partial charge in [0.25, 0.3) is 11.8 Å². The fourth-order valence-corrected chi connectivity index (χ4v) is 3.76. The summed E-state index contributed by atoms with van der Waals surface area (Å²) in [4.78, 5) is 34.6. The van der Waals surface area contributed by atoms with Crippen molar-refractivity contribution in [1.82, 2.24) is 15.2 Å². The molecule has 2 amide bonds. The smallest absolute Gasteiger partial charge is 0.257 e. The maximum atomic E-state index is 13.4. The van der Waals surface area contributed by atoms with E-state index in [0.717, 1.165) is 39.0 Å². The first-order chi connectivity index (χ1) is 15.0. The predicted octanol–water partition coefficient (Wildman–Crippen LogP) is 3.66. The summed E-state index contributed by atoms with van der Waals surface area (Å²) in [7, 11) is 0. The number of benzene rings is 1. The molecule has 2 heterocycles. The summed E-state index contributed by atoms with van der Waals surface area (Å²) < 4.78 is 0. The quantitative estimate of drug-likeness (QED) is 0.651. The van der Waals surface area contributed by atoms with Gasteiger partial charge >= 0.3 is 0 Å². The number of nitrogens with one attached hydrogen (secondary N) is 2. The second kappa shape index (κ2) is 11.1. The predicted molar refractivity (Wildman–Crippen MR) is 125 cm³/mol. The number of hydrogen-bond acceptors (Lipinski definition) is 5. The number of nitrogens with zero attached hydrogens (tertiary/aromatic N) is 3. The summed E-state index contributed by atoms with van der Waals surface area (Å²) in [6.07, 6.45) is 3.57. The first kappa shape index (κ1) is 23.0. The molecular formula is C23H30ClN5O2. The highest BCUT2D eigenvalue weighted by atomic mass is 35.5. The summed E-state index contributed by atoms with van der Waals surface area (Å²) in [6, 6.07) is 8.48. The molecule has 0 spiro atoms. The van der Waals surface area contributed by atoms with Gasteiger partial charge in [0, 0.05) is 49.9 Å². The van der Waals surface area contributed by atoms with Gasteiger partial charge in [0.2, 0.25) is 0 Å². The van der Waals surface area contributed by atoms with Gasteiger partial charge in [0.15, 0.2) is 0 Å². The number of aromatic nitrogens is 1. The van der Waals surface area contributed by atoms with Crippen molar-refractivity contribution in [2.75, 3.05) is 49.5 Å². The monoisotopic (exact) mass is 443 g/mol. The van der Waals surface area contributed by atoms with Crippen molar-refractivity contribution in [3.63, 3.8) is 0 Å². The molecule has 0 atom stereocenters. The van der Waals surface area contributed by atoms with E-state index in [9.17, 15) is 9.59 Å². The van der Waals surface area contributed by atoms with Crippen molar-refractivity contribution in [3.05, 3.63) is 52.7 Å². The minimum absolute atomic E-state index is 0.0594. The van der Waals surface area contributed by atoms with Gasteiger partial charge < -0.3 is 20.4 Å². The molecule has 3 rings (SSSR count). The number of anilines is 2. The Labute approximate surface area is 188 Å². The molecule has 1 saturated heterocycles. The number of carbonyl (C=O) groups is 2. The van der Waals surface area contributed by atoms with E-state index in [1.165, 1.54) is 0 Å². The van der Waals surface area contributed by atoms with E-state index in [1.807, 2.05) is 11.8 Å². The third kappa shape index (κ3) is 5.95. The largest absolute Gasteiger partial charge is 0.353 e. The number of piperazine rings is 1. The molecule has 1 aliphatic heterocycles. The Kier molecular flexibility index (Phi) is 8.26. The lowest BCUT2D eigenvalue weighted by Crippen LogP contribution is -2.45. The number of hydrogen-bond donors (Lipinski definition) is 2. The van der Waals surface area contributed by atoms with Gasteiger partial charge in [-0.1, -0.05) is 31.0 Å². The Balaban J connectivity index is 1.90. The van der Waals surface area contributed by atoms with Gasteiger partial charge in [-0.05, 0) is 37.6 Å². The van der Waals surface area contributed by atoms with Crippen LogP contribution >= 0.6 is 11.6 Å². The van der Waals surface area contributed by atoms with Crippen LogP contribution in [0.5, 0.6) is 0 Å². The number of pyridine rings is 1. The molecule has 0 aliphatic carbocycles. The van der Waals surface area contributed by atoms with E-state index in [4.69, 9.17) is 11.6 Å². The second-order valence-corrected chi connectivity index (χ2v) is 7.97. The van der Waals surface area contributed by atoms with Crippen LogP contribution in [0.15, 0.2) is 36.5 Å². The molecule has 7 nitrogen and oxygen atoms in total. The number of unbranched alkanes of at least 4 members (excludes halogenated alkanes) is 1. The molecule has 0 unspecified atom stereocenters. The summed E-state index contributed by atoms with van der Waals surface area (Å²) in [6.45, 7) is 8.66. The molecule has 8 heteroatoms. The lowest BCUT2D eigenvalue weighted by atomic mass is 10.1. The standard InChI is InChI=1S/C23H30ClN5O2/c1-3-5-11-28(4-2)23(31)20-15-19(16-26-21(20)29-12-9-25-10-13-29)27-22(30)17-7-6-8-18(24)14-17/h6-8,14-16,25H,3-5,9-13H2,1-2H3,(H,27,30). The first-order valence-electron chi connectivity index (χ1n) is 10.8. The molecule has 0 radical (unpaired) electrons. The van der Waals surface area contributed by atoms with Gasteiger partial charge in [-0.2, -0.15) is 0 Å². The SMILES string of the molecule is CCCCN(CC)C(=O)c1cc(NC(=O)c2cccc(Cl)c2)cnc1N1CCNCC1. The lowest BCUT2D eigenvalue weighted by molar-refractivity contribution is 0.0762. The molecule has 166 valence electrons. The topological polar surface area (TPSA) is 77.6 Å². The van der Waals surface area contributed by atoms with Crippen LogP contribution in [0.4, 0.5) is 11.5 Å². The molecule has 31 heavy (non-hydrogen) atoms. The zero-order chi connectivity index (χ0) is 22.2. The zero-order valence-electron chi connectivity index (χ0n) is 18.2. The molecule has 0 bridgehead atoms. The van der Waals surface area contributed by atoms with E-state index >= 15 is 0 Å². The minimum Gasteiger partial charge on any atom is -0.353 e. The van der Waals surface area contributed by atoms with Crippen LogP contribution in [0, 0.1) is 0 Å². The molecule has 0 saturated carbocycles. The summed E-state index contributed by atoms with van der Waals surface area (Å²) in [5.41, 5.74) is 1.45. The Bertz CT molecular complexity index is 915. The van der Waals surface area contributed by atoms with Crippen LogP contribution < -0.4 is 15.5 Å². The van der Waals surface area contributed by atoms with Gasteiger partial charge in [-0.25, -0.2) is 4.98 Å². The highest BCUT2D eigenvalue weighted by Gasteiger charge is 2.24. The number of amides is 2. The van der Waals surface area contributed by atoms with Crippen molar-refractivity contribution in [2.24, 2.45) is 0 Å². The average molecular weight is 444 g/mol. The molecule has 1 aromatic carbocycles. The highest BCUT2D eigenvalue weighted by molar-refractivity contribution is 6.31. The Morgan fingerprint density at radius 2 is 2.00 bits per heavy atom. The number of halogens is 1. The third-order valence-electron chi connectivity index (χ3n) is 5.31. The van der Waals surface area contributed by atoms with Crippen LogP contribution in [0.3, 0.4) is 0 Å². The van der Waals surface area contributed by atoms with E-state index in [1.54, 1.807) is 36.5 Å². The van der Waals surface area contributed by atoms with Crippen molar-refractivity contribution < 1.29 is 9.59 Å². The Hall–Kier alpha value is -2.64. The lowest BCUT2D eigenvalue weighted by Gasteiger charge is -2.31. The molecule has 1 fully saturated rings. The summed E-state index contributed by atoms with van der Waals surface area (Å²) in [5.74, 6) is 0.314. The van der Waals surface area contributed by atoms with E-state index in [-0.39, 0.29) is 11.8 Å². The average Bonchev–Trinajstić information content (AvgIpc) is 2.80. The number of rotatable bonds is 8. The normalized spacial score (nSPS) is 13.7. The van der Waals surface area contributed by atoms with E-state index in [2.05, 4.69) is 27.4 Å². The van der Waals surface area contributed by atoms with Crippen molar-refractivity contribution in [2.45, 2.75) is 26.7 Å². The van der Waals surface area contributed by atoms with Gasteiger partial charge in [0.1, 0.15) is 5.82 Å². The van der Waals surface area contributed by atoms with Crippen molar-refractivity contribution in [3.8, 4) is 0 Å². The fraction of sp³-hybridized carbons (Fsp3) is 0.435. The Morgan fingerprint density at radius 1 is 1.23 bits per heavy atom. The van der Waals surface area contributed by atoms with Gasteiger partial charge in [-0.3, -0.25) is 9.59 Å². The maximum absolute atomic E-state index is 13.4. The zero-order valence-corrected chi connectivity index (χ0v) is 18.9. The van der Waals surface area contributed by atoms with E-state index < -0.39 is 0 Å². The first-order valence-corrected chi connectivity index (χ1v) is 11.2. The second-order valence-electron chi connectivity index (χ2n) is 7.54. The van der Waals surface area contributed by atoms with Crippen LogP contribution in [0.1, 0.15) is 47.4 Å². The summed E-state index contributed by atoms with van der Waals surface area (Å²) in [5, 5.41) is 6.66. The fourth-order valence-electron chi connectivity index (χ4n) is 3.57. The third-order valence-corrected chi connectivity index (χ3v) is 5.54. The molecular weight excluding hydrogens is 414 g/mol. The minimum atomic E-state index is -0.295. The maximum Gasteiger partial charge on any atom is 0.257 e. The summed E-state index contributed by atoms with van der Waals surface area (Å²) >= 11 is 6.00. The van der Waals surface area contributed by atoms with Crippen LogP contribution in [-0.4, -0.2) is 61.0 Å². The van der Waals surface area contributed by atoms with Crippen molar-refractivity contribution >= 4 is 34.9 Å². The van der Waals surface area contributed by atoms with Crippen LogP contribution in [-0.2, 0) is 0 Å². The number of carbonyl (C=O) groups excluding carboxylic acids is 2. The van der Waals surface area contributed by atoms with Gasteiger partial charge in [0.05, 0.1) is 17.4 Å². The van der Waals surface area contributed by atoms with E-state index in [0.29, 0.717) is 40.7 Å². The highest BCUT2D eigenvalue weighted by Crippen LogP contribution is 2.24. The van der Waals surface area contributed by atoms with Gasteiger partial charge in [-0.15, -0.1) is 0 Å². The van der Waals surface area contributed by atoms with Crippen molar-refractivity contribution in [1.29, 1.82) is 0 Å². The molecule has 1 aromatic heterocycles.